The van der Waals surface area contributed by atoms with Crippen LogP contribution in [0.15, 0.2) is 48.5 Å². The van der Waals surface area contributed by atoms with Crippen LogP contribution in [-0.4, -0.2) is 16.7 Å². The van der Waals surface area contributed by atoms with Gasteiger partial charge < -0.3 is 16.0 Å². The number of benzene rings is 2. The molecular weight excluding hydrogens is 386 g/mol. The van der Waals surface area contributed by atoms with Gasteiger partial charge in [-0.15, -0.1) is 0 Å². The van der Waals surface area contributed by atoms with Gasteiger partial charge in [0.05, 0.1) is 0 Å². The van der Waals surface area contributed by atoms with Gasteiger partial charge in [-0.1, -0.05) is 63.6 Å². The Bertz CT molecular complexity index is 896. The van der Waals surface area contributed by atoms with E-state index in [0.717, 1.165) is 41.6 Å². The molecule has 1 saturated carbocycles. The summed E-state index contributed by atoms with van der Waals surface area (Å²) in [7, 11) is 0. The highest BCUT2D eigenvalue weighted by Crippen LogP contribution is 2.28. The van der Waals surface area contributed by atoms with Crippen LogP contribution in [0.25, 0.3) is 0 Å². The van der Waals surface area contributed by atoms with E-state index in [9.17, 15) is 9.59 Å². The van der Waals surface area contributed by atoms with Crippen LogP contribution in [0.5, 0.6) is 0 Å². The zero-order valence-electron chi connectivity index (χ0n) is 19.0. The maximum absolute atomic E-state index is 13.1. The Morgan fingerprint density at radius 3 is 2.23 bits per heavy atom. The van der Waals surface area contributed by atoms with Crippen molar-refractivity contribution in [2.24, 2.45) is 17.1 Å². The summed E-state index contributed by atoms with van der Waals surface area (Å²) in [6.45, 7) is 7.80. The Balaban J connectivity index is 1.70. The quantitative estimate of drug-likeness (QED) is 0.640. The van der Waals surface area contributed by atoms with Gasteiger partial charge >= 0.3 is 0 Å². The molecule has 1 aliphatic rings. The molecule has 1 fully saturated rings. The molecule has 0 spiro atoms. The van der Waals surface area contributed by atoms with Crippen molar-refractivity contribution in [3.8, 4) is 0 Å². The number of amides is 2. The SMILES string of the molecule is CC(C)(C)CC(=O)N(Cc1ccc(NC(=O)C2CCC2)cc1)Cc1cccc(CN)c1. The van der Waals surface area contributed by atoms with E-state index in [1.807, 2.05) is 47.4 Å². The zero-order valence-corrected chi connectivity index (χ0v) is 19.0. The lowest BCUT2D eigenvalue weighted by atomic mass is 9.85. The molecule has 5 nitrogen and oxygen atoms in total. The van der Waals surface area contributed by atoms with Gasteiger partial charge in [0.2, 0.25) is 11.8 Å². The lowest BCUT2D eigenvalue weighted by Gasteiger charge is -2.27. The second-order valence-corrected chi connectivity index (χ2v) is 9.83. The van der Waals surface area contributed by atoms with Crippen molar-refractivity contribution in [2.45, 2.75) is 66.1 Å². The van der Waals surface area contributed by atoms with Gasteiger partial charge in [-0.05, 0) is 47.1 Å². The van der Waals surface area contributed by atoms with E-state index in [1.54, 1.807) is 0 Å². The average molecular weight is 422 g/mol. The summed E-state index contributed by atoms with van der Waals surface area (Å²) >= 11 is 0. The number of nitrogens with one attached hydrogen (secondary N) is 1. The first kappa shape index (κ1) is 23.0. The maximum atomic E-state index is 13.1. The highest BCUT2D eigenvalue weighted by Gasteiger charge is 2.25. The first-order chi connectivity index (χ1) is 14.7. The molecule has 0 bridgehead atoms. The van der Waals surface area contributed by atoms with Crippen LogP contribution in [-0.2, 0) is 29.2 Å². The van der Waals surface area contributed by atoms with Crippen LogP contribution < -0.4 is 11.1 Å². The molecule has 3 N–H and O–H groups in total. The minimum atomic E-state index is -0.0793. The van der Waals surface area contributed by atoms with E-state index in [2.05, 4.69) is 32.2 Å². The number of carbonyl (C=O) groups is 2. The molecule has 2 aromatic carbocycles. The summed E-state index contributed by atoms with van der Waals surface area (Å²) in [5, 5.41) is 3.00. The maximum Gasteiger partial charge on any atom is 0.227 e. The minimum Gasteiger partial charge on any atom is -0.334 e. The summed E-state index contributed by atoms with van der Waals surface area (Å²) in [5.41, 5.74) is 9.70. The normalized spacial score (nSPS) is 14.1. The zero-order chi connectivity index (χ0) is 22.4. The molecule has 3 rings (SSSR count). The molecule has 0 aliphatic heterocycles. The predicted octanol–water partition coefficient (Wildman–Crippen LogP) is 4.85. The second-order valence-electron chi connectivity index (χ2n) is 9.83. The lowest BCUT2D eigenvalue weighted by Crippen LogP contribution is -2.32. The van der Waals surface area contributed by atoms with Crippen molar-refractivity contribution in [3.63, 3.8) is 0 Å². The molecule has 2 amide bonds. The predicted molar refractivity (Wildman–Crippen MR) is 125 cm³/mol. The molecule has 0 aromatic heterocycles. The topological polar surface area (TPSA) is 75.4 Å². The van der Waals surface area contributed by atoms with Gasteiger partial charge in [0.15, 0.2) is 0 Å². The fraction of sp³-hybridized carbons (Fsp3) is 0.462. The fourth-order valence-electron chi connectivity index (χ4n) is 3.70. The molecule has 166 valence electrons. The summed E-state index contributed by atoms with van der Waals surface area (Å²) < 4.78 is 0. The van der Waals surface area contributed by atoms with E-state index in [1.165, 1.54) is 0 Å². The van der Waals surface area contributed by atoms with Gasteiger partial charge in [0.1, 0.15) is 0 Å². The van der Waals surface area contributed by atoms with Gasteiger partial charge in [-0.3, -0.25) is 9.59 Å². The summed E-state index contributed by atoms with van der Waals surface area (Å²) in [6, 6.07) is 15.9. The second kappa shape index (κ2) is 10.1. The first-order valence-electron chi connectivity index (χ1n) is 11.2. The third kappa shape index (κ3) is 6.93. The van der Waals surface area contributed by atoms with Crippen LogP contribution >= 0.6 is 0 Å². The summed E-state index contributed by atoms with van der Waals surface area (Å²) in [6.07, 6.45) is 3.60. The van der Waals surface area contributed by atoms with Crippen LogP contribution in [0, 0.1) is 11.3 Å². The van der Waals surface area contributed by atoms with E-state index < -0.39 is 0 Å². The van der Waals surface area contributed by atoms with Crippen LogP contribution in [0.2, 0.25) is 0 Å². The Labute approximate surface area is 186 Å². The van der Waals surface area contributed by atoms with E-state index in [4.69, 9.17) is 5.73 Å². The Morgan fingerprint density at radius 2 is 1.65 bits per heavy atom. The molecule has 0 heterocycles. The van der Waals surface area contributed by atoms with E-state index >= 15 is 0 Å². The molecule has 31 heavy (non-hydrogen) atoms. The van der Waals surface area contributed by atoms with Gasteiger partial charge in [-0.2, -0.15) is 0 Å². The van der Waals surface area contributed by atoms with Crippen molar-refractivity contribution in [3.05, 3.63) is 65.2 Å². The van der Waals surface area contributed by atoms with Crippen LogP contribution in [0.1, 0.15) is 63.1 Å². The number of nitrogens with zero attached hydrogens (tertiary/aromatic N) is 1. The molecular formula is C26H35N3O2. The standard InChI is InChI=1S/C26H35N3O2/c1-26(2,3)15-24(30)29(18-21-7-4-6-20(14-21)16-27)17-19-10-12-23(13-11-19)28-25(31)22-8-5-9-22/h4,6-7,10-14,22H,5,8-9,15-18,27H2,1-3H3,(H,28,31). The van der Waals surface area contributed by atoms with E-state index in [-0.39, 0.29) is 23.1 Å². The number of nitrogens with two attached hydrogens (primary N) is 1. The van der Waals surface area contributed by atoms with Crippen molar-refractivity contribution in [2.75, 3.05) is 5.32 Å². The number of carbonyl (C=O) groups excluding carboxylic acids is 2. The number of anilines is 1. The first-order valence-corrected chi connectivity index (χ1v) is 11.2. The molecule has 0 saturated heterocycles. The number of hydrogen-bond acceptors (Lipinski definition) is 3. The molecule has 2 aromatic rings. The van der Waals surface area contributed by atoms with Crippen molar-refractivity contribution in [1.29, 1.82) is 0 Å². The summed E-state index contributed by atoms with van der Waals surface area (Å²) in [5.74, 6) is 0.406. The van der Waals surface area contributed by atoms with E-state index in [0.29, 0.717) is 26.1 Å². The van der Waals surface area contributed by atoms with Crippen molar-refractivity contribution in [1.82, 2.24) is 4.90 Å². The third-order valence-electron chi connectivity index (χ3n) is 5.71. The van der Waals surface area contributed by atoms with Crippen molar-refractivity contribution < 1.29 is 9.59 Å². The molecule has 0 atom stereocenters. The highest BCUT2D eigenvalue weighted by atomic mass is 16.2. The van der Waals surface area contributed by atoms with Gasteiger partial charge in [-0.25, -0.2) is 0 Å². The van der Waals surface area contributed by atoms with Gasteiger partial charge in [0, 0.05) is 37.7 Å². The molecule has 0 unspecified atom stereocenters. The fourth-order valence-corrected chi connectivity index (χ4v) is 3.70. The molecule has 0 radical (unpaired) electrons. The summed E-state index contributed by atoms with van der Waals surface area (Å²) in [4.78, 5) is 27.2. The van der Waals surface area contributed by atoms with Crippen molar-refractivity contribution >= 4 is 17.5 Å². The minimum absolute atomic E-state index is 0.0793. The monoisotopic (exact) mass is 421 g/mol. The Morgan fingerprint density at radius 1 is 1.00 bits per heavy atom. The molecule has 1 aliphatic carbocycles. The Hall–Kier alpha value is -2.66. The highest BCUT2D eigenvalue weighted by molar-refractivity contribution is 5.93. The largest absolute Gasteiger partial charge is 0.334 e. The third-order valence-corrected chi connectivity index (χ3v) is 5.71. The Kier molecular flexibility index (Phi) is 7.50. The lowest BCUT2D eigenvalue weighted by molar-refractivity contribution is -0.134. The molecule has 5 heteroatoms. The van der Waals surface area contributed by atoms with Gasteiger partial charge in [0.25, 0.3) is 0 Å². The number of hydrogen-bond donors (Lipinski definition) is 2. The number of rotatable bonds is 8. The van der Waals surface area contributed by atoms with Crippen LogP contribution in [0.4, 0.5) is 5.69 Å². The van der Waals surface area contributed by atoms with Crippen LogP contribution in [0.3, 0.4) is 0 Å². The average Bonchev–Trinajstić information content (AvgIpc) is 2.66. The smallest absolute Gasteiger partial charge is 0.227 e.